The summed E-state index contributed by atoms with van der Waals surface area (Å²) in [5, 5.41) is 11.5. The lowest BCUT2D eigenvalue weighted by Gasteiger charge is -2.20. The second-order valence-electron chi connectivity index (χ2n) is 4.50. The summed E-state index contributed by atoms with van der Waals surface area (Å²) in [5.41, 5.74) is -2.17. The van der Waals surface area contributed by atoms with Crippen molar-refractivity contribution >= 4 is 11.9 Å². The fraction of sp³-hybridized carbons (Fsp3) is 0.429. The molecule has 6 nitrogen and oxygen atoms in total. The van der Waals surface area contributed by atoms with Crippen LogP contribution in [0.3, 0.4) is 0 Å². The summed E-state index contributed by atoms with van der Waals surface area (Å²) in [7, 11) is 1.08. The lowest BCUT2D eigenvalue weighted by atomic mass is 10.0. The molecule has 0 atom stereocenters. The number of imide groups is 1. The number of carbonyl (C=O) groups is 2. The highest BCUT2D eigenvalue weighted by molar-refractivity contribution is 6.05. The molecule has 0 saturated carbocycles. The minimum absolute atomic E-state index is 0.287. The number of carbonyl (C=O) groups excluding carboxylic acids is 2. The van der Waals surface area contributed by atoms with Crippen LogP contribution in [0.1, 0.15) is 29.8 Å². The number of ether oxygens (including phenoxy) is 1. The van der Waals surface area contributed by atoms with Crippen LogP contribution in [0.4, 0.5) is 18.0 Å². The van der Waals surface area contributed by atoms with Crippen LogP contribution in [-0.4, -0.2) is 42.1 Å². The number of phenols is 1. The van der Waals surface area contributed by atoms with Crippen molar-refractivity contribution in [1.82, 2.24) is 10.2 Å². The van der Waals surface area contributed by atoms with Crippen molar-refractivity contribution < 1.29 is 32.6 Å². The van der Waals surface area contributed by atoms with Crippen molar-refractivity contribution in [2.24, 2.45) is 0 Å². The van der Waals surface area contributed by atoms with Crippen LogP contribution >= 0.6 is 0 Å². The van der Waals surface area contributed by atoms with E-state index in [1.54, 1.807) is 13.8 Å². The van der Waals surface area contributed by atoms with E-state index in [0.717, 1.165) is 7.11 Å². The lowest BCUT2D eigenvalue weighted by Crippen LogP contribution is -2.43. The molecule has 0 saturated heterocycles. The zero-order chi connectivity index (χ0) is 17.8. The van der Waals surface area contributed by atoms with Gasteiger partial charge in [0.2, 0.25) is 0 Å². The molecule has 0 aliphatic carbocycles. The number of alkyl halides is 3. The molecular weight excluding hydrogens is 317 g/mol. The molecule has 3 amide bonds. The highest BCUT2D eigenvalue weighted by Crippen LogP contribution is 2.38. The molecule has 0 spiro atoms. The van der Waals surface area contributed by atoms with Gasteiger partial charge in [-0.05, 0) is 26.0 Å². The molecule has 1 rings (SSSR count). The van der Waals surface area contributed by atoms with Crippen LogP contribution in [0.5, 0.6) is 11.5 Å². The van der Waals surface area contributed by atoms with E-state index in [0.29, 0.717) is 12.1 Å². The first kappa shape index (κ1) is 18.6. The van der Waals surface area contributed by atoms with E-state index >= 15 is 0 Å². The Morgan fingerprint density at radius 2 is 1.83 bits per heavy atom. The van der Waals surface area contributed by atoms with Crippen LogP contribution in [-0.2, 0) is 6.18 Å². The third kappa shape index (κ3) is 4.27. The first-order valence-electron chi connectivity index (χ1n) is 6.74. The average molecular weight is 334 g/mol. The van der Waals surface area contributed by atoms with Crippen LogP contribution in [0.25, 0.3) is 0 Å². The molecule has 0 unspecified atom stereocenters. The van der Waals surface area contributed by atoms with E-state index in [9.17, 15) is 27.9 Å². The molecule has 0 heterocycles. The fourth-order valence-corrected chi connectivity index (χ4v) is 1.91. The number of hydrogen-bond acceptors (Lipinski definition) is 4. The maximum atomic E-state index is 13.1. The van der Waals surface area contributed by atoms with Crippen molar-refractivity contribution in [3.05, 3.63) is 23.3 Å². The molecule has 1 aromatic rings. The summed E-state index contributed by atoms with van der Waals surface area (Å²) < 4.78 is 43.8. The number of nitrogens with zero attached hydrogens (tertiary/aromatic N) is 1. The Bertz CT molecular complexity index is 598. The van der Waals surface area contributed by atoms with Gasteiger partial charge in [-0.15, -0.1) is 0 Å². The Hall–Kier alpha value is -2.45. The smallest absolute Gasteiger partial charge is 0.417 e. The molecule has 128 valence electrons. The van der Waals surface area contributed by atoms with Gasteiger partial charge in [0.1, 0.15) is 0 Å². The van der Waals surface area contributed by atoms with Gasteiger partial charge in [0, 0.05) is 13.1 Å². The minimum atomic E-state index is -4.86. The van der Waals surface area contributed by atoms with Crippen molar-refractivity contribution in [3.8, 4) is 11.5 Å². The average Bonchev–Trinajstić information content (AvgIpc) is 2.46. The van der Waals surface area contributed by atoms with Crippen molar-refractivity contribution in [1.29, 1.82) is 0 Å². The number of methoxy groups -OCH3 is 1. The second kappa shape index (κ2) is 7.21. The van der Waals surface area contributed by atoms with E-state index in [2.05, 4.69) is 4.74 Å². The summed E-state index contributed by atoms with van der Waals surface area (Å²) in [6.45, 7) is 3.90. The summed E-state index contributed by atoms with van der Waals surface area (Å²) in [4.78, 5) is 25.0. The molecule has 23 heavy (non-hydrogen) atoms. The number of urea groups is 1. The summed E-state index contributed by atoms with van der Waals surface area (Å²) in [6, 6.07) is 0.307. The van der Waals surface area contributed by atoms with Crippen molar-refractivity contribution in [3.63, 3.8) is 0 Å². The van der Waals surface area contributed by atoms with Gasteiger partial charge in [0.05, 0.1) is 18.2 Å². The standard InChI is InChI=1S/C14H17F3N2O4/c1-4-19(5-2)13(22)18-12(21)8-6-10(20)11(23-3)7-9(8)14(15,16)17/h6-7,20H,4-5H2,1-3H3,(H,18,21,22). The zero-order valence-corrected chi connectivity index (χ0v) is 12.8. The number of aromatic hydroxyl groups is 1. The Morgan fingerprint density at radius 3 is 2.26 bits per heavy atom. The topological polar surface area (TPSA) is 78.9 Å². The van der Waals surface area contributed by atoms with Gasteiger partial charge in [-0.2, -0.15) is 13.2 Å². The molecule has 0 aliphatic heterocycles. The number of benzene rings is 1. The van der Waals surface area contributed by atoms with Gasteiger partial charge in [0.25, 0.3) is 5.91 Å². The Kier molecular flexibility index (Phi) is 5.83. The largest absolute Gasteiger partial charge is 0.504 e. The van der Waals surface area contributed by atoms with Crippen LogP contribution in [0.2, 0.25) is 0 Å². The van der Waals surface area contributed by atoms with Gasteiger partial charge < -0.3 is 14.7 Å². The first-order valence-corrected chi connectivity index (χ1v) is 6.74. The maximum Gasteiger partial charge on any atom is 0.417 e. The number of phenolic OH excluding ortho intramolecular Hbond substituents is 1. The molecule has 2 N–H and O–H groups in total. The summed E-state index contributed by atoms with van der Waals surface area (Å²) in [5.74, 6) is -2.32. The monoisotopic (exact) mass is 334 g/mol. The molecule has 9 heteroatoms. The molecule has 0 aromatic heterocycles. The van der Waals surface area contributed by atoms with E-state index in [1.165, 1.54) is 4.90 Å². The molecule has 1 aromatic carbocycles. The SMILES string of the molecule is CCN(CC)C(=O)NC(=O)c1cc(O)c(OC)cc1C(F)(F)F. The fourth-order valence-electron chi connectivity index (χ4n) is 1.91. The van der Waals surface area contributed by atoms with E-state index < -0.39 is 40.7 Å². The predicted molar refractivity (Wildman–Crippen MR) is 75.4 cm³/mol. The van der Waals surface area contributed by atoms with Gasteiger partial charge in [-0.1, -0.05) is 0 Å². The third-order valence-electron chi connectivity index (χ3n) is 3.14. The Labute approximate surface area is 130 Å². The Morgan fingerprint density at radius 1 is 1.26 bits per heavy atom. The lowest BCUT2D eigenvalue weighted by molar-refractivity contribution is -0.138. The Balaban J connectivity index is 3.23. The number of halogens is 3. The van der Waals surface area contributed by atoms with E-state index in [4.69, 9.17) is 0 Å². The molecule has 0 bridgehead atoms. The van der Waals surface area contributed by atoms with E-state index in [1.807, 2.05) is 5.32 Å². The first-order chi connectivity index (χ1) is 10.6. The zero-order valence-electron chi connectivity index (χ0n) is 12.8. The molecular formula is C14H17F3N2O4. The van der Waals surface area contributed by atoms with Gasteiger partial charge in [0.15, 0.2) is 11.5 Å². The van der Waals surface area contributed by atoms with Gasteiger partial charge in [-0.3, -0.25) is 10.1 Å². The molecule has 0 fully saturated rings. The van der Waals surface area contributed by atoms with Crippen molar-refractivity contribution in [2.75, 3.05) is 20.2 Å². The second-order valence-corrected chi connectivity index (χ2v) is 4.50. The van der Waals surface area contributed by atoms with E-state index in [-0.39, 0.29) is 13.1 Å². The quantitative estimate of drug-likeness (QED) is 0.887. The summed E-state index contributed by atoms with van der Waals surface area (Å²) in [6.07, 6.45) is -4.86. The third-order valence-corrected chi connectivity index (χ3v) is 3.14. The van der Waals surface area contributed by atoms with Gasteiger partial charge >= 0.3 is 12.2 Å². The highest BCUT2D eigenvalue weighted by Gasteiger charge is 2.37. The highest BCUT2D eigenvalue weighted by atomic mass is 19.4. The van der Waals surface area contributed by atoms with Crippen LogP contribution in [0, 0.1) is 0 Å². The summed E-state index contributed by atoms with van der Waals surface area (Å²) >= 11 is 0. The van der Waals surface area contributed by atoms with Crippen LogP contribution < -0.4 is 10.1 Å². The van der Waals surface area contributed by atoms with Gasteiger partial charge in [-0.25, -0.2) is 4.79 Å². The minimum Gasteiger partial charge on any atom is -0.504 e. The number of rotatable bonds is 4. The normalized spacial score (nSPS) is 11.0. The van der Waals surface area contributed by atoms with Crippen molar-refractivity contribution in [2.45, 2.75) is 20.0 Å². The number of nitrogens with one attached hydrogen (secondary N) is 1. The maximum absolute atomic E-state index is 13.1. The van der Waals surface area contributed by atoms with Crippen LogP contribution in [0.15, 0.2) is 12.1 Å². The molecule has 0 radical (unpaired) electrons. The predicted octanol–water partition coefficient (Wildman–Crippen LogP) is 2.61. The number of amides is 3. The molecule has 0 aliphatic rings. The number of hydrogen-bond donors (Lipinski definition) is 2.